The van der Waals surface area contributed by atoms with E-state index in [-0.39, 0.29) is 12.0 Å². The minimum atomic E-state index is -0.194. The highest BCUT2D eigenvalue weighted by molar-refractivity contribution is 5.92. The molecule has 0 saturated carbocycles. The molecule has 2 rings (SSSR count). The van der Waals surface area contributed by atoms with E-state index in [9.17, 15) is 4.79 Å². The van der Waals surface area contributed by atoms with Gasteiger partial charge in [0.15, 0.2) is 0 Å². The molecule has 0 aliphatic carbocycles. The van der Waals surface area contributed by atoms with Gasteiger partial charge in [-0.2, -0.15) is 0 Å². The third-order valence-electron chi connectivity index (χ3n) is 2.78. The zero-order chi connectivity index (χ0) is 12.1. The largest absolute Gasteiger partial charge is 0.490 e. The van der Waals surface area contributed by atoms with Crippen molar-refractivity contribution >= 4 is 5.91 Å². The van der Waals surface area contributed by atoms with E-state index in [0.29, 0.717) is 11.4 Å². The summed E-state index contributed by atoms with van der Waals surface area (Å²) in [5, 5.41) is 5.83. The Bertz CT molecular complexity index is 389. The first-order valence-corrected chi connectivity index (χ1v) is 5.85. The van der Waals surface area contributed by atoms with Gasteiger partial charge in [-0.1, -0.05) is 0 Å². The fraction of sp³-hybridized carbons (Fsp3) is 0.500. The molecule has 2 heterocycles. The van der Waals surface area contributed by atoms with E-state index in [1.165, 1.54) is 0 Å². The second-order valence-corrected chi connectivity index (χ2v) is 4.02. The Balaban J connectivity index is 2.02. The number of hydrogen-bond acceptors (Lipinski definition) is 4. The average Bonchev–Trinajstić information content (AvgIpc) is 2.39. The Labute approximate surface area is 101 Å². The molecule has 1 fully saturated rings. The van der Waals surface area contributed by atoms with E-state index in [1.807, 2.05) is 0 Å². The second-order valence-electron chi connectivity index (χ2n) is 4.02. The van der Waals surface area contributed by atoms with Crippen molar-refractivity contribution in [2.75, 3.05) is 20.1 Å². The van der Waals surface area contributed by atoms with Crippen LogP contribution < -0.4 is 15.4 Å². The van der Waals surface area contributed by atoms with Gasteiger partial charge < -0.3 is 15.4 Å². The van der Waals surface area contributed by atoms with Crippen LogP contribution in [0.5, 0.6) is 5.75 Å². The third-order valence-corrected chi connectivity index (χ3v) is 2.78. The van der Waals surface area contributed by atoms with E-state index in [2.05, 4.69) is 15.6 Å². The van der Waals surface area contributed by atoms with E-state index in [4.69, 9.17) is 4.74 Å². The molecule has 5 heteroatoms. The highest BCUT2D eigenvalue weighted by atomic mass is 16.5. The lowest BCUT2D eigenvalue weighted by Crippen LogP contribution is -2.34. The van der Waals surface area contributed by atoms with Gasteiger partial charge in [-0.3, -0.25) is 9.78 Å². The molecule has 1 saturated heterocycles. The summed E-state index contributed by atoms with van der Waals surface area (Å²) in [4.78, 5) is 15.4. The number of rotatable bonds is 3. The average molecular weight is 235 g/mol. The van der Waals surface area contributed by atoms with Crippen molar-refractivity contribution in [3.05, 3.63) is 24.0 Å². The highest BCUT2D eigenvalue weighted by Crippen LogP contribution is 2.16. The topological polar surface area (TPSA) is 63.2 Å². The third kappa shape index (κ3) is 3.17. The molecule has 0 radical (unpaired) electrons. The summed E-state index contributed by atoms with van der Waals surface area (Å²) in [5.74, 6) is 0.520. The summed E-state index contributed by atoms with van der Waals surface area (Å²) < 4.78 is 5.83. The molecule has 1 amide bonds. The maximum Gasteiger partial charge on any atom is 0.269 e. The maximum absolute atomic E-state index is 11.4. The van der Waals surface area contributed by atoms with Crippen LogP contribution in [-0.2, 0) is 0 Å². The van der Waals surface area contributed by atoms with Crippen molar-refractivity contribution < 1.29 is 9.53 Å². The van der Waals surface area contributed by atoms with Gasteiger partial charge in [0, 0.05) is 19.3 Å². The predicted octanol–water partition coefficient (Wildman–Crippen LogP) is 0.572. The van der Waals surface area contributed by atoms with Crippen LogP contribution in [0.25, 0.3) is 0 Å². The van der Waals surface area contributed by atoms with Crippen molar-refractivity contribution in [3.8, 4) is 5.75 Å². The monoisotopic (exact) mass is 235 g/mol. The zero-order valence-electron chi connectivity index (χ0n) is 9.90. The molecule has 0 bridgehead atoms. The maximum atomic E-state index is 11.4. The summed E-state index contributed by atoms with van der Waals surface area (Å²) in [7, 11) is 1.59. The number of carbonyl (C=O) groups excluding carboxylic acids is 1. The van der Waals surface area contributed by atoms with Crippen LogP contribution in [-0.4, -0.2) is 37.1 Å². The molecular formula is C12H17N3O2. The number of nitrogens with one attached hydrogen (secondary N) is 2. The predicted molar refractivity (Wildman–Crippen MR) is 64.1 cm³/mol. The number of nitrogens with zero attached hydrogens (tertiary/aromatic N) is 1. The van der Waals surface area contributed by atoms with Gasteiger partial charge in [-0.25, -0.2) is 0 Å². The van der Waals surface area contributed by atoms with Crippen LogP contribution in [0.3, 0.4) is 0 Å². The minimum absolute atomic E-state index is 0.194. The number of aromatic nitrogens is 1. The van der Waals surface area contributed by atoms with Crippen LogP contribution in [0, 0.1) is 0 Å². The number of carbonyl (C=O) groups is 1. The Morgan fingerprint density at radius 1 is 1.53 bits per heavy atom. The highest BCUT2D eigenvalue weighted by Gasteiger charge is 2.15. The summed E-state index contributed by atoms with van der Waals surface area (Å²) in [6.45, 7) is 1.97. The molecule has 0 spiro atoms. The molecule has 1 aromatic rings. The van der Waals surface area contributed by atoms with Gasteiger partial charge in [0.05, 0.1) is 0 Å². The molecular weight excluding hydrogens is 218 g/mol. The summed E-state index contributed by atoms with van der Waals surface area (Å²) in [6, 6.07) is 3.47. The van der Waals surface area contributed by atoms with Crippen molar-refractivity contribution in [2.45, 2.75) is 18.9 Å². The van der Waals surface area contributed by atoms with Gasteiger partial charge in [0.25, 0.3) is 5.91 Å². The van der Waals surface area contributed by atoms with Crippen LogP contribution >= 0.6 is 0 Å². The minimum Gasteiger partial charge on any atom is -0.490 e. The van der Waals surface area contributed by atoms with Crippen molar-refractivity contribution in [1.82, 2.24) is 15.6 Å². The van der Waals surface area contributed by atoms with Crippen LogP contribution in [0.1, 0.15) is 23.3 Å². The van der Waals surface area contributed by atoms with Crippen molar-refractivity contribution in [2.24, 2.45) is 0 Å². The lowest BCUT2D eigenvalue weighted by molar-refractivity contribution is 0.0956. The van der Waals surface area contributed by atoms with E-state index in [1.54, 1.807) is 25.4 Å². The fourth-order valence-corrected chi connectivity index (χ4v) is 1.84. The molecule has 1 aromatic heterocycles. The fourth-order valence-electron chi connectivity index (χ4n) is 1.84. The first-order valence-electron chi connectivity index (χ1n) is 5.85. The normalized spacial score (nSPS) is 16.5. The number of amides is 1. The first kappa shape index (κ1) is 11.9. The van der Waals surface area contributed by atoms with E-state index < -0.39 is 0 Å². The van der Waals surface area contributed by atoms with Crippen LogP contribution in [0.2, 0.25) is 0 Å². The molecule has 17 heavy (non-hydrogen) atoms. The Hall–Kier alpha value is -1.62. The zero-order valence-corrected chi connectivity index (χ0v) is 9.90. The number of pyridine rings is 1. The lowest BCUT2D eigenvalue weighted by Gasteiger charge is -2.23. The van der Waals surface area contributed by atoms with Crippen LogP contribution in [0.4, 0.5) is 0 Å². The number of piperidine rings is 1. The Morgan fingerprint density at radius 3 is 3.00 bits per heavy atom. The van der Waals surface area contributed by atoms with Gasteiger partial charge in [0.1, 0.15) is 17.5 Å². The van der Waals surface area contributed by atoms with Gasteiger partial charge in [-0.05, 0) is 32.0 Å². The molecule has 2 N–H and O–H groups in total. The van der Waals surface area contributed by atoms with Crippen LogP contribution in [0.15, 0.2) is 18.3 Å². The Morgan fingerprint density at radius 2 is 2.29 bits per heavy atom. The smallest absolute Gasteiger partial charge is 0.269 e. The van der Waals surface area contributed by atoms with Crippen molar-refractivity contribution in [3.63, 3.8) is 0 Å². The van der Waals surface area contributed by atoms with Gasteiger partial charge in [0.2, 0.25) is 0 Å². The molecule has 5 nitrogen and oxygen atoms in total. The molecule has 0 aromatic carbocycles. The molecule has 92 valence electrons. The summed E-state index contributed by atoms with van der Waals surface area (Å²) >= 11 is 0. The SMILES string of the molecule is CNC(=O)c1cc(OC2CCNCC2)ccn1. The quantitative estimate of drug-likeness (QED) is 0.804. The second kappa shape index (κ2) is 5.63. The molecule has 1 aliphatic heterocycles. The molecule has 1 aliphatic rings. The number of ether oxygens (including phenoxy) is 1. The molecule has 0 unspecified atom stereocenters. The summed E-state index contributed by atoms with van der Waals surface area (Å²) in [6.07, 6.45) is 3.83. The van der Waals surface area contributed by atoms with E-state index in [0.717, 1.165) is 25.9 Å². The standard InChI is InChI=1S/C12H17N3O2/c1-13-12(16)11-8-10(4-7-15-11)17-9-2-5-14-6-3-9/h4,7-9,14H,2-3,5-6H2,1H3,(H,13,16). The van der Waals surface area contributed by atoms with E-state index >= 15 is 0 Å². The first-order chi connectivity index (χ1) is 8.29. The Kier molecular flexibility index (Phi) is 3.93. The van der Waals surface area contributed by atoms with Gasteiger partial charge >= 0.3 is 0 Å². The summed E-state index contributed by atoms with van der Waals surface area (Å²) in [5.41, 5.74) is 0.388. The van der Waals surface area contributed by atoms with Gasteiger partial charge in [-0.15, -0.1) is 0 Å². The molecule has 0 atom stereocenters. The lowest BCUT2D eigenvalue weighted by atomic mass is 10.1. The number of hydrogen-bond donors (Lipinski definition) is 2. The van der Waals surface area contributed by atoms with Crippen molar-refractivity contribution in [1.29, 1.82) is 0 Å².